The first kappa shape index (κ1) is 32.1. The maximum absolute atomic E-state index is 12.8. The SMILES string of the molecule is CCCCCCc1ccc(-c2cc(-c3ccc(-c4ccc5c(c4)C(=O)CN(C)C5=O)s3)sc2-c2ccc(CCCCCC)s2)s1. The van der Waals surface area contributed by atoms with Gasteiger partial charge in [-0.2, -0.15) is 0 Å². The largest absolute Gasteiger partial charge is 0.334 e. The second-order valence-electron chi connectivity index (χ2n) is 12.0. The summed E-state index contributed by atoms with van der Waals surface area (Å²) in [7, 11) is 1.68. The van der Waals surface area contributed by atoms with Gasteiger partial charge in [-0.1, -0.05) is 58.4 Å². The van der Waals surface area contributed by atoms with Crippen LogP contribution >= 0.6 is 45.3 Å². The number of carbonyl (C=O) groups is 2. The summed E-state index contributed by atoms with van der Waals surface area (Å²) in [5.74, 6) is -0.0864. The molecular formula is C38H41NO2S4. The van der Waals surface area contributed by atoms with Gasteiger partial charge >= 0.3 is 0 Å². The molecule has 1 aliphatic rings. The number of thiophene rings is 4. The Hall–Kier alpha value is -2.84. The van der Waals surface area contributed by atoms with Gasteiger partial charge in [-0.25, -0.2) is 0 Å². The lowest BCUT2D eigenvalue weighted by molar-refractivity contribution is 0.0719. The summed E-state index contributed by atoms with van der Waals surface area (Å²) in [6.07, 6.45) is 12.6. The monoisotopic (exact) mass is 671 g/mol. The molecule has 0 N–H and O–H groups in total. The first-order chi connectivity index (χ1) is 21.9. The molecular weight excluding hydrogens is 631 g/mol. The number of hydrogen-bond acceptors (Lipinski definition) is 6. The smallest absolute Gasteiger partial charge is 0.254 e. The highest BCUT2D eigenvalue weighted by atomic mass is 32.1. The molecule has 1 aromatic carbocycles. The summed E-state index contributed by atoms with van der Waals surface area (Å²) in [5.41, 5.74) is 3.38. The van der Waals surface area contributed by atoms with Gasteiger partial charge in [0.25, 0.3) is 5.91 Å². The Morgan fingerprint density at radius 3 is 1.93 bits per heavy atom. The van der Waals surface area contributed by atoms with Crippen LogP contribution in [0.5, 0.6) is 0 Å². The molecule has 45 heavy (non-hydrogen) atoms. The van der Waals surface area contributed by atoms with Crippen molar-refractivity contribution < 1.29 is 9.59 Å². The molecule has 0 saturated heterocycles. The second-order valence-corrected chi connectivity index (χ2v) is 16.5. The van der Waals surface area contributed by atoms with Gasteiger partial charge in [0, 0.05) is 52.3 Å². The standard InChI is InChI=1S/C38H41NO2S4/c1-4-6-8-10-12-26-15-18-33(42-26)30-23-36(45-37(30)35-19-16-27(43-35)13-11-9-7-5-2)34-21-20-32(44-34)25-14-17-28-29(22-25)31(40)24-39(3)38(28)41/h14-23H,4-13,24H2,1-3H3. The van der Waals surface area contributed by atoms with E-state index in [9.17, 15) is 9.59 Å². The number of carbonyl (C=O) groups excluding carboxylic acids is 2. The van der Waals surface area contributed by atoms with Gasteiger partial charge in [0.15, 0.2) is 5.78 Å². The number of nitrogens with zero attached hydrogens (tertiary/aromatic N) is 1. The van der Waals surface area contributed by atoms with Crippen molar-refractivity contribution in [2.75, 3.05) is 13.6 Å². The van der Waals surface area contributed by atoms with Crippen LogP contribution in [-0.2, 0) is 12.8 Å². The molecule has 6 rings (SSSR count). The normalized spacial score (nSPS) is 13.2. The number of benzene rings is 1. The van der Waals surface area contributed by atoms with Gasteiger partial charge in [-0.05, 0) is 85.8 Å². The quantitative estimate of drug-likeness (QED) is 0.110. The third kappa shape index (κ3) is 7.27. The topological polar surface area (TPSA) is 37.4 Å². The molecule has 7 heteroatoms. The molecule has 4 aromatic heterocycles. The Bertz CT molecular complexity index is 1720. The van der Waals surface area contributed by atoms with Crippen molar-refractivity contribution >= 4 is 57.0 Å². The third-order valence-corrected chi connectivity index (χ3v) is 13.5. The van der Waals surface area contributed by atoms with Crippen molar-refractivity contribution in [2.24, 2.45) is 0 Å². The molecule has 234 valence electrons. The van der Waals surface area contributed by atoms with Gasteiger partial charge in [-0.15, -0.1) is 45.3 Å². The molecule has 0 bridgehead atoms. The van der Waals surface area contributed by atoms with E-state index in [2.05, 4.69) is 56.3 Å². The minimum atomic E-state index is -0.0861. The number of likely N-dealkylation sites (N-methyl/N-ethyl adjacent to an activating group) is 1. The molecule has 0 radical (unpaired) electrons. The first-order valence-electron chi connectivity index (χ1n) is 16.3. The van der Waals surface area contributed by atoms with Gasteiger partial charge in [0.05, 0.1) is 17.0 Å². The fraction of sp³-hybridized carbons (Fsp3) is 0.368. The van der Waals surface area contributed by atoms with E-state index >= 15 is 0 Å². The maximum Gasteiger partial charge on any atom is 0.254 e. The average molecular weight is 672 g/mol. The number of Topliss-reactive ketones (excluding diaryl/α,β-unsaturated/α-hetero) is 1. The zero-order valence-electron chi connectivity index (χ0n) is 26.4. The van der Waals surface area contributed by atoms with Gasteiger partial charge in [0.1, 0.15) is 0 Å². The summed E-state index contributed by atoms with van der Waals surface area (Å²) in [6, 6.07) is 21.8. The van der Waals surface area contributed by atoms with Gasteiger partial charge in [-0.3, -0.25) is 9.59 Å². The first-order valence-corrected chi connectivity index (χ1v) is 19.6. The molecule has 5 aromatic rings. The summed E-state index contributed by atoms with van der Waals surface area (Å²) in [5, 5.41) is 0. The predicted octanol–water partition coefficient (Wildman–Crippen LogP) is 12.1. The van der Waals surface area contributed by atoms with Crippen molar-refractivity contribution in [2.45, 2.75) is 78.1 Å². The number of rotatable bonds is 14. The minimum absolute atomic E-state index is 0.000341. The van der Waals surface area contributed by atoms with Crippen LogP contribution in [0.25, 0.3) is 40.4 Å². The van der Waals surface area contributed by atoms with Crippen molar-refractivity contribution in [3.8, 4) is 40.4 Å². The van der Waals surface area contributed by atoms with Crippen LogP contribution in [0.4, 0.5) is 0 Å². The zero-order chi connectivity index (χ0) is 31.3. The maximum atomic E-state index is 12.8. The number of unbranched alkanes of at least 4 members (excludes halogenated alkanes) is 6. The molecule has 0 aliphatic carbocycles. The molecule has 3 nitrogen and oxygen atoms in total. The highest BCUT2D eigenvalue weighted by Crippen LogP contribution is 2.49. The van der Waals surface area contributed by atoms with E-state index in [1.54, 1.807) is 18.4 Å². The van der Waals surface area contributed by atoms with Crippen LogP contribution in [0.1, 0.15) is 95.7 Å². The summed E-state index contributed by atoms with van der Waals surface area (Å²) < 4.78 is 0. The van der Waals surface area contributed by atoms with E-state index in [1.807, 2.05) is 52.2 Å². The Morgan fingerprint density at radius 1 is 0.578 bits per heavy atom. The molecule has 0 fully saturated rings. The van der Waals surface area contributed by atoms with Gasteiger partial charge < -0.3 is 4.90 Å². The van der Waals surface area contributed by atoms with Crippen LogP contribution in [0, 0.1) is 0 Å². The van der Waals surface area contributed by atoms with E-state index in [0.29, 0.717) is 11.1 Å². The molecule has 0 atom stereocenters. The Balaban J connectivity index is 1.30. The second kappa shape index (κ2) is 14.7. The number of ketones is 1. The van der Waals surface area contributed by atoms with E-state index in [-0.39, 0.29) is 18.2 Å². The lowest BCUT2D eigenvalue weighted by Gasteiger charge is -2.23. The van der Waals surface area contributed by atoms with Crippen molar-refractivity contribution in [3.05, 3.63) is 81.5 Å². The summed E-state index contributed by atoms with van der Waals surface area (Å²) in [4.78, 5) is 37.5. The van der Waals surface area contributed by atoms with Crippen molar-refractivity contribution in [1.82, 2.24) is 4.90 Å². The molecule has 1 aliphatic heterocycles. The Labute approximate surface area is 283 Å². The van der Waals surface area contributed by atoms with Crippen LogP contribution in [0.3, 0.4) is 0 Å². The van der Waals surface area contributed by atoms with Crippen LogP contribution in [0.2, 0.25) is 0 Å². The number of hydrogen-bond donors (Lipinski definition) is 0. The molecule has 0 unspecified atom stereocenters. The van der Waals surface area contributed by atoms with E-state index < -0.39 is 0 Å². The van der Waals surface area contributed by atoms with E-state index in [0.717, 1.165) is 16.9 Å². The van der Waals surface area contributed by atoms with E-state index in [4.69, 9.17) is 0 Å². The Kier molecular flexibility index (Phi) is 10.5. The zero-order valence-corrected chi connectivity index (χ0v) is 29.7. The molecule has 0 spiro atoms. The number of aryl methyl sites for hydroxylation is 2. The molecule has 5 heterocycles. The minimum Gasteiger partial charge on any atom is -0.334 e. The van der Waals surface area contributed by atoms with E-state index in [1.165, 1.54) is 102 Å². The predicted molar refractivity (Wildman–Crippen MR) is 197 cm³/mol. The summed E-state index contributed by atoms with van der Waals surface area (Å²) >= 11 is 7.57. The Morgan fingerprint density at radius 2 is 1.22 bits per heavy atom. The molecule has 0 saturated carbocycles. The average Bonchev–Trinajstić information content (AvgIpc) is 3.86. The highest BCUT2D eigenvalue weighted by molar-refractivity contribution is 7.28. The van der Waals surface area contributed by atoms with Gasteiger partial charge in [0.2, 0.25) is 0 Å². The summed E-state index contributed by atoms with van der Waals surface area (Å²) in [6.45, 7) is 4.68. The van der Waals surface area contributed by atoms with Crippen LogP contribution < -0.4 is 0 Å². The van der Waals surface area contributed by atoms with Crippen molar-refractivity contribution in [3.63, 3.8) is 0 Å². The highest BCUT2D eigenvalue weighted by Gasteiger charge is 2.28. The number of amides is 1. The third-order valence-electron chi connectivity index (χ3n) is 8.51. The lowest BCUT2D eigenvalue weighted by atomic mass is 9.95. The van der Waals surface area contributed by atoms with Crippen LogP contribution in [0.15, 0.2) is 60.7 Å². The fourth-order valence-electron chi connectivity index (χ4n) is 5.94. The number of fused-ring (bicyclic) bond motifs is 1. The van der Waals surface area contributed by atoms with Crippen LogP contribution in [-0.4, -0.2) is 30.2 Å². The fourth-order valence-corrected chi connectivity index (χ4v) is 10.5. The van der Waals surface area contributed by atoms with Crippen molar-refractivity contribution in [1.29, 1.82) is 0 Å². The molecule has 1 amide bonds. The lowest BCUT2D eigenvalue weighted by Crippen LogP contribution is -2.38.